The average Bonchev–Trinajstić information content (AvgIpc) is 3.25. The van der Waals surface area contributed by atoms with Crippen molar-refractivity contribution in [3.63, 3.8) is 0 Å². The molecule has 2 N–H and O–H groups in total. The molecule has 0 bridgehead atoms. The third-order valence-corrected chi connectivity index (χ3v) is 5.44. The van der Waals surface area contributed by atoms with E-state index < -0.39 is 0 Å². The minimum atomic E-state index is 0. The number of ether oxygens (including phenoxy) is 2. The second-order valence-electron chi connectivity index (χ2n) is 7.58. The second kappa shape index (κ2) is 13.1. The summed E-state index contributed by atoms with van der Waals surface area (Å²) in [6.07, 6.45) is 4.11. The van der Waals surface area contributed by atoms with Crippen LogP contribution in [0.1, 0.15) is 29.5 Å². The molecule has 33 heavy (non-hydrogen) atoms. The molecule has 0 saturated carbocycles. The Morgan fingerprint density at radius 2 is 1.82 bits per heavy atom. The van der Waals surface area contributed by atoms with E-state index in [4.69, 9.17) is 9.47 Å². The Bertz CT molecular complexity index is 976. The molecule has 0 unspecified atom stereocenters. The quantitative estimate of drug-likeness (QED) is 0.208. The molecule has 178 valence electrons. The number of amides is 1. The summed E-state index contributed by atoms with van der Waals surface area (Å²) in [6.45, 7) is 5.84. The maximum absolute atomic E-state index is 11.9. The first kappa shape index (κ1) is 26.5. The normalized spacial score (nSPS) is 13.4. The summed E-state index contributed by atoms with van der Waals surface area (Å²) in [6, 6.07) is 12.1. The van der Waals surface area contributed by atoms with Gasteiger partial charge in [0.25, 0.3) is 0 Å². The van der Waals surface area contributed by atoms with Crippen LogP contribution in [0.4, 0.5) is 5.69 Å². The van der Waals surface area contributed by atoms with E-state index in [-0.39, 0.29) is 29.9 Å². The minimum absolute atomic E-state index is 0. The summed E-state index contributed by atoms with van der Waals surface area (Å²) < 4.78 is 11.0. The van der Waals surface area contributed by atoms with Gasteiger partial charge in [0.2, 0.25) is 5.91 Å². The van der Waals surface area contributed by atoms with Crippen molar-refractivity contribution in [2.45, 2.75) is 32.4 Å². The van der Waals surface area contributed by atoms with Gasteiger partial charge < -0.3 is 25.0 Å². The predicted octanol–water partition coefficient (Wildman–Crippen LogP) is 4.04. The fraction of sp³-hybridized carbons (Fsp3) is 0.360. The van der Waals surface area contributed by atoms with Crippen molar-refractivity contribution < 1.29 is 14.3 Å². The molecule has 1 fully saturated rings. The van der Waals surface area contributed by atoms with E-state index in [2.05, 4.69) is 28.3 Å². The SMILES string of the molecule is C=CCc1cc(CNC(=NC)NCc2ccc(N3CCCC3=O)cc2)cc(OC)c1OC.I. The van der Waals surface area contributed by atoms with Crippen LogP contribution >= 0.6 is 24.0 Å². The highest BCUT2D eigenvalue weighted by molar-refractivity contribution is 14.0. The monoisotopic (exact) mass is 564 g/mol. The zero-order chi connectivity index (χ0) is 22.9. The number of benzene rings is 2. The van der Waals surface area contributed by atoms with Gasteiger partial charge >= 0.3 is 0 Å². The fourth-order valence-corrected chi connectivity index (χ4v) is 3.82. The van der Waals surface area contributed by atoms with E-state index >= 15 is 0 Å². The van der Waals surface area contributed by atoms with Crippen molar-refractivity contribution in [1.29, 1.82) is 0 Å². The van der Waals surface area contributed by atoms with Crippen molar-refractivity contribution in [2.24, 2.45) is 4.99 Å². The molecular formula is C25H33IN4O3. The summed E-state index contributed by atoms with van der Waals surface area (Å²) in [5.41, 5.74) is 4.16. The molecule has 0 aromatic heterocycles. The van der Waals surface area contributed by atoms with Gasteiger partial charge in [-0.05, 0) is 48.2 Å². The first-order valence-electron chi connectivity index (χ1n) is 10.8. The third-order valence-electron chi connectivity index (χ3n) is 5.44. The van der Waals surface area contributed by atoms with E-state index in [0.717, 1.165) is 41.1 Å². The van der Waals surface area contributed by atoms with Crippen LogP contribution in [-0.4, -0.2) is 39.7 Å². The number of rotatable bonds is 9. The number of carbonyl (C=O) groups excluding carboxylic acids is 1. The Balaban J connectivity index is 0.00000385. The summed E-state index contributed by atoms with van der Waals surface area (Å²) in [7, 11) is 5.02. The highest BCUT2D eigenvalue weighted by atomic mass is 127. The summed E-state index contributed by atoms with van der Waals surface area (Å²) >= 11 is 0. The smallest absolute Gasteiger partial charge is 0.227 e. The molecule has 1 heterocycles. The van der Waals surface area contributed by atoms with Crippen molar-refractivity contribution in [2.75, 3.05) is 32.7 Å². The van der Waals surface area contributed by atoms with Crippen molar-refractivity contribution in [1.82, 2.24) is 10.6 Å². The van der Waals surface area contributed by atoms with Gasteiger partial charge in [-0.2, -0.15) is 0 Å². The number of nitrogens with zero attached hydrogens (tertiary/aromatic N) is 2. The van der Waals surface area contributed by atoms with Crippen molar-refractivity contribution in [3.05, 3.63) is 65.7 Å². The lowest BCUT2D eigenvalue weighted by atomic mass is 10.1. The molecule has 2 aromatic carbocycles. The van der Waals surface area contributed by atoms with Crippen LogP contribution < -0.4 is 25.0 Å². The van der Waals surface area contributed by atoms with Gasteiger partial charge in [0.05, 0.1) is 14.2 Å². The molecule has 7 nitrogen and oxygen atoms in total. The molecule has 1 aliphatic heterocycles. The van der Waals surface area contributed by atoms with Crippen LogP contribution in [0, 0.1) is 0 Å². The van der Waals surface area contributed by atoms with Gasteiger partial charge in [0.1, 0.15) is 0 Å². The second-order valence-corrected chi connectivity index (χ2v) is 7.58. The summed E-state index contributed by atoms with van der Waals surface area (Å²) in [5, 5.41) is 6.67. The first-order chi connectivity index (χ1) is 15.6. The van der Waals surface area contributed by atoms with E-state index in [9.17, 15) is 4.79 Å². The van der Waals surface area contributed by atoms with E-state index in [1.165, 1.54) is 0 Å². The fourth-order valence-electron chi connectivity index (χ4n) is 3.82. The predicted molar refractivity (Wildman–Crippen MR) is 144 cm³/mol. The van der Waals surface area contributed by atoms with Crippen LogP contribution in [0.25, 0.3) is 0 Å². The molecule has 1 aliphatic rings. The number of anilines is 1. The Hall–Kier alpha value is -2.75. The van der Waals surface area contributed by atoms with E-state index in [1.807, 2.05) is 41.3 Å². The topological polar surface area (TPSA) is 75.2 Å². The summed E-state index contributed by atoms with van der Waals surface area (Å²) in [5.74, 6) is 2.33. The lowest BCUT2D eigenvalue weighted by Crippen LogP contribution is -2.36. The molecule has 1 amide bonds. The number of allylic oxidation sites excluding steroid dienone is 1. The highest BCUT2D eigenvalue weighted by Crippen LogP contribution is 2.33. The van der Waals surface area contributed by atoms with Gasteiger partial charge in [0.15, 0.2) is 17.5 Å². The lowest BCUT2D eigenvalue weighted by Gasteiger charge is -2.17. The molecule has 0 spiro atoms. The number of carbonyl (C=O) groups is 1. The molecule has 0 aliphatic carbocycles. The van der Waals surface area contributed by atoms with Crippen LogP contribution in [0.15, 0.2) is 54.0 Å². The summed E-state index contributed by atoms with van der Waals surface area (Å²) in [4.78, 5) is 18.1. The Kier molecular flexibility index (Phi) is 10.5. The number of guanidine groups is 1. The average molecular weight is 564 g/mol. The van der Waals surface area contributed by atoms with Gasteiger partial charge in [-0.25, -0.2) is 0 Å². The van der Waals surface area contributed by atoms with Gasteiger partial charge in [-0.1, -0.05) is 18.2 Å². The van der Waals surface area contributed by atoms with Crippen LogP contribution in [0.5, 0.6) is 11.5 Å². The Morgan fingerprint density at radius 3 is 2.36 bits per heavy atom. The Morgan fingerprint density at radius 1 is 1.12 bits per heavy atom. The van der Waals surface area contributed by atoms with Gasteiger partial charge in [0, 0.05) is 44.4 Å². The largest absolute Gasteiger partial charge is 0.493 e. The Labute approximate surface area is 213 Å². The van der Waals surface area contributed by atoms with Crippen molar-refractivity contribution >= 4 is 41.5 Å². The van der Waals surface area contributed by atoms with Gasteiger partial charge in [-0.3, -0.25) is 9.79 Å². The number of methoxy groups -OCH3 is 2. The van der Waals surface area contributed by atoms with E-state index in [1.54, 1.807) is 21.3 Å². The number of hydrogen-bond acceptors (Lipinski definition) is 4. The van der Waals surface area contributed by atoms with Crippen molar-refractivity contribution in [3.8, 4) is 11.5 Å². The molecule has 0 radical (unpaired) electrons. The number of halogens is 1. The number of aliphatic imine (C=N–C) groups is 1. The van der Waals surface area contributed by atoms with Crippen LogP contribution in [0.2, 0.25) is 0 Å². The number of hydrogen-bond donors (Lipinski definition) is 2. The van der Waals surface area contributed by atoms with Gasteiger partial charge in [-0.15, -0.1) is 30.6 Å². The van der Waals surface area contributed by atoms with E-state index in [0.29, 0.717) is 37.6 Å². The lowest BCUT2D eigenvalue weighted by molar-refractivity contribution is -0.117. The molecule has 2 aromatic rings. The number of nitrogens with one attached hydrogen (secondary N) is 2. The van der Waals surface area contributed by atoms with Crippen LogP contribution in [-0.2, 0) is 24.3 Å². The molecule has 3 rings (SSSR count). The zero-order valence-corrected chi connectivity index (χ0v) is 21.8. The minimum Gasteiger partial charge on any atom is -0.493 e. The maximum Gasteiger partial charge on any atom is 0.227 e. The maximum atomic E-state index is 11.9. The van der Waals surface area contributed by atoms with Crippen LogP contribution in [0.3, 0.4) is 0 Å². The molecule has 0 atom stereocenters. The standard InChI is InChI=1S/C25H32N4O3.HI/c1-5-7-20-14-19(15-22(31-3)24(20)32-4)17-28-25(26-2)27-16-18-9-11-21(12-10-18)29-13-6-8-23(29)30;/h5,9-12,14-15H,1,6-8,13,16-17H2,2-4H3,(H2,26,27,28);1H. The highest BCUT2D eigenvalue weighted by Gasteiger charge is 2.21. The molecule has 8 heteroatoms. The zero-order valence-electron chi connectivity index (χ0n) is 19.5. The molecule has 1 saturated heterocycles. The first-order valence-corrected chi connectivity index (χ1v) is 10.8. The molecular weight excluding hydrogens is 531 g/mol. The third kappa shape index (κ3) is 6.86.